The quantitative estimate of drug-likeness (QED) is 0.427. The van der Waals surface area contributed by atoms with Crippen molar-refractivity contribution in [2.75, 3.05) is 5.73 Å². The number of hydrogen-bond donors (Lipinski definition) is 1. The smallest absolute Gasteiger partial charge is 0.119 e. The largest absolute Gasteiger partial charge is 0.489 e. The van der Waals surface area contributed by atoms with Gasteiger partial charge in [-0.2, -0.15) is 0 Å². The first-order valence-corrected chi connectivity index (χ1v) is 9.56. The van der Waals surface area contributed by atoms with Crippen molar-refractivity contribution in [2.24, 2.45) is 0 Å². The minimum absolute atomic E-state index is 0.459. The molecule has 1 heterocycles. The Hall–Kier alpha value is -3.33. The Morgan fingerprint density at radius 3 is 2.54 bits per heavy atom. The van der Waals surface area contributed by atoms with E-state index >= 15 is 0 Å². The molecule has 3 nitrogen and oxygen atoms in total. The highest BCUT2D eigenvalue weighted by Crippen LogP contribution is 2.32. The number of benzene rings is 3. The van der Waals surface area contributed by atoms with Crippen LogP contribution in [0.2, 0.25) is 0 Å². The molecular formula is C25H24N2O. The molecule has 28 heavy (non-hydrogen) atoms. The minimum Gasteiger partial charge on any atom is -0.489 e. The van der Waals surface area contributed by atoms with E-state index in [0.717, 1.165) is 33.6 Å². The summed E-state index contributed by atoms with van der Waals surface area (Å²) in [6, 6.07) is 24.6. The summed E-state index contributed by atoms with van der Waals surface area (Å²) in [6.07, 6.45) is 1.86. The van der Waals surface area contributed by atoms with Crippen molar-refractivity contribution in [3.63, 3.8) is 0 Å². The summed E-state index contributed by atoms with van der Waals surface area (Å²) in [4.78, 5) is 4.65. The van der Waals surface area contributed by atoms with Gasteiger partial charge in [0.1, 0.15) is 12.4 Å². The summed E-state index contributed by atoms with van der Waals surface area (Å²) in [5, 5.41) is 1.17. The summed E-state index contributed by atoms with van der Waals surface area (Å²) in [5.41, 5.74) is 12.3. The van der Waals surface area contributed by atoms with Crippen molar-refractivity contribution in [3.8, 4) is 16.9 Å². The van der Waals surface area contributed by atoms with E-state index in [9.17, 15) is 0 Å². The van der Waals surface area contributed by atoms with Gasteiger partial charge in [0.15, 0.2) is 0 Å². The summed E-state index contributed by atoms with van der Waals surface area (Å²) >= 11 is 0. The maximum absolute atomic E-state index is 5.92. The van der Waals surface area contributed by atoms with Crippen LogP contribution in [0.25, 0.3) is 22.0 Å². The lowest BCUT2D eigenvalue weighted by molar-refractivity contribution is 0.306. The average Bonchev–Trinajstić information content (AvgIpc) is 2.72. The Morgan fingerprint density at radius 1 is 0.929 bits per heavy atom. The molecule has 2 N–H and O–H groups in total. The molecule has 0 unspecified atom stereocenters. The van der Waals surface area contributed by atoms with Crippen LogP contribution in [0.3, 0.4) is 0 Å². The molecule has 4 rings (SSSR count). The predicted octanol–water partition coefficient (Wildman–Crippen LogP) is 6.19. The molecule has 0 bridgehead atoms. The van der Waals surface area contributed by atoms with E-state index in [4.69, 9.17) is 10.5 Å². The number of pyridine rings is 1. The van der Waals surface area contributed by atoms with E-state index in [1.165, 1.54) is 10.9 Å². The highest BCUT2D eigenvalue weighted by atomic mass is 16.5. The Kier molecular flexibility index (Phi) is 4.98. The lowest BCUT2D eigenvalue weighted by atomic mass is 9.93. The highest BCUT2D eigenvalue weighted by molar-refractivity contribution is 5.94. The van der Waals surface area contributed by atoms with Gasteiger partial charge in [0.05, 0.1) is 5.52 Å². The van der Waals surface area contributed by atoms with Crippen LogP contribution in [-0.4, -0.2) is 4.98 Å². The number of nitrogen functional groups attached to an aromatic ring is 1. The molecule has 0 saturated carbocycles. The van der Waals surface area contributed by atoms with Crippen LogP contribution in [0.1, 0.15) is 30.9 Å². The molecule has 3 aromatic carbocycles. The zero-order chi connectivity index (χ0) is 19.5. The number of anilines is 1. The maximum Gasteiger partial charge on any atom is 0.119 e. The Morgan fingerprint density at radius 2 is 1.75 bits per heavy atom. The first kappa shape index (κ1) is 18.1. The summed E-state index contributed by atoms with van der Waals surface area (Å²) in [5.74, 6) is 1.27. The van der Waals surface area contributed by atoms with Crippen LogP contribution in [-0.2, 0) is 6.61 Å². The predicted molar refractivity (Wildman–Crippen MR) is 116 cm³/mol. The van der Waals surface area contributed by atoms with E-state index < -0.39 is 0 Å². The fourth-order valence-electron chi connectivity index (χ4n) is 3.33. The van der Waals surface area contributed by atoms with E-state index in [0.29, 0.717) is 12.5 Å². The molecule has 0 aliphatic heterocycles. The van der Waals surface area contributed by atoms with Crippen molar-refractivity contribution in [1.82, 2.24) is 4.98 Å². The van der Waals surface area contributed by atoms with Gasteiger partial charge in [-0.15, -0.1) is 0 Å². The molecule has 0 aliphatic carbocycles. The molecular weight excluding hydrogens is 344 g/mol. The normalized spacial score (nSPS) is 11.1. The summed E-state index contributed by atoms with van der Waals surface area (Å²) < 4.78 is 5.92. The lowest BCUT2D eigenvalue weighted by Crippen LogP contribution is -1.97. The average molecular weight is 368 g/mol. The highest BCUT2D eigenvalue weighted by Gasteiger charge is 2.10. The van der Waals surface area contributed by atoms with Crippen LogP contribution < -0.4 is 10.5 Å². The van der Waals surface area contributed by atoms with E-state index in [1.807, 2.05) is 36.5 Å². The molecule has 140 valence electrons. The lowest BCUT2D eigenvalue weighted by Gasteiger charge is -2.13. The van der Waals surface area contributed by atoms with Crippen molar-refractivity contribution in [2.45, 2.75) is 26.4 Å². The number of aromatic nitrogens is 1. The monoisotopic (exact) mass is 368 g/mol. The number of fused-ring (bicyclic) bond motifs is 1. The number of nitrogens with zero attached hydrogens (tertiary/aromatic N) is 1. The van der Waals surface area contributed by atoms with E-state index in [1.54, 1.807) is 0 Å². The second-order valence-corrected chi connectivity index (χ2v) is 7.36. The zero-order valence-electron chi connectivity index (χ0n) is 16.2. The molecule has 3 heteroatoms. The van der Waals surface area contributed by atoms with Crippen molar-refractivity contribution < 1.29 is 4.74 Å². The van der Waals surface area contributed by atoms with Gasteiger partial charge in [-0.05, 0) is 71.1 Å². The van der Waals surface area contributed by atoms with Crippen LogP contribution in [0.4, 0.5) is 5.69 Å². The number of nitrogens with two attached hydrogens (primary N) is 1. The first-order chi connectivity index (χ1) is 13.6. The third-order valence-corrected chi connectivity index (χ3v) is 4.92. The summed E-state index contributed by atoms with van der Waals surface area (Å²) in [7, 11) is 0. The SMILES string of the molecule is CC(C)c1cc(-c2cccc(COc3ccc(N)cc3)c2)c2ncccc2c1. The van der Waals surface area contributed by atoms with Crippen LogP contribution >= 0.6 is 0 Å². The van der Waals surface area contributed by atoms with Crippen LogP contribution in [0, 0.1) is 0 Å². The van der Waals surface area contributed by atoms with Gasteiger partial charge in [-0.3, -0.25) is 4.98 Å². The Balaban J connectivity index is 1.68. The second kappa shape index (κ2) is 7.73. The molecule has 0 saturated heterocycles. The van der Waals surface area contributed by atoms with Gasteiger partial charge in [0.2, 0.25) is 0 Å². The number of hydrogen-bond acceptors (Lipinski definition) is 3. The van der Waals surface area contributed by atoms with E-state index in [-0.39, 0.29) is 0 Å². The molecule has 4 aromatic rings. The summed E-state index contributed by atoms with van der Waals surface area (Å²) in [6.45, 7) is 4.95. The molecule has 0 atom stereocenters. The molecule has 0 spiro atoms. The third-order valence-electron chi connectivity index (χ3n) is 4.92. The van der Waals surface area contributed by atoms with Crippen LogP contribution in [0.15, 0.2) is 79.0 Å². The standard InChI is InChI=1S/C25H24N2O/c1-17(2)21-14-20-7-4-12-27-25(20)24(15-21)19-6-3-5-18(13-19)16-28-23-10-8-22(26)9-11-23/h3-15,17H,16,26H2,1-2H3. The van der Waals surface area contributed by atoms with Crippen molar-refractivity contribution in [1.29, 1.82) is 0 Å². The van der Waals surface area contributed by atoms with Gasteiger partial charge in [0, 0.05) is 22.8 Å². The zero-order valence-corrected chi connectivity index (χ0v) is 16.2. The molecule has 0 amide bonds. The minimum atomic E-state index is 0.459. The fourth-order valence-corrected chi connectivity index (χ4v) is 3.33. The van der Waals surface area contributed by atoms with Gasteiger partial charge in [-0.25, -0.2) is 0 Å². The maximum atomic E-state index is 5.92. The van der Waals surface area contributed by atoms with Gasteiger partial charge in [0.25, 0.3) is 0 Å². The van der Waals surface area contributed by atoms with Crippen molar-refractivity contribution in [3.05, 3.63) is 90.1 Å². The Labute approximate surface area is 165 Å². The Bertz CT molecular complexity index is 1100. The third kappa shape index (κ3) is 3.84. The molecule has 0 fully saturated rings. The second-order valence-electron chi connectivity index (χ2n) is 7.36. The van der Waals surface area contributed by atoms with Gasteiger partial charge < -0.3 is 10.5 Å². The first-order valence-electron chi connectivity index (χ1n) is 9.56. The van der Waals surface area contributed by atoms with Crippen molar-refractivity contribution >= 4 is 16.6 Å². The topological polar surface area (TPSA) is 48.1 Å². The van der Waals surface area contributed by atoms with Gasteiger partial charge in [-0.1, -0.05) is 38.1 Å². The molecule has 0 aliphatic rings. The van der Waals surface area contributed by atoms with Gasteiger partial charge >= 0.3 is 0 Å². The van der Waals surface area contributed by atoms with Crippen LogP contribution in [0.5, 0.6) is 5.75 Å². The molecule has 1 aromatic heterocycles. The molecule has 0 radical (unpaired) electrons. The van der Waals surface area contributed by atoms with E-state index in [2.05, 4.69) is 61.3 Å². The number of ether oxygens (including phenoxy) is 1. The number of rotatable bonds is 5. The fraction of sp³-hybridized carbons (Fsp3) is 0.160.